The molecule has 0 radical (unpaired) electrons. The van der Waals surface area contributed by atoms with E-state index in [1.165, 1.54) is 0 Å². The minimum Gasteiger partial charge on any atom is -0.385 e. The molecular weight excluding hydrogens is 188 g/mol. The van der Waals surface area contributed by atoms with E-state index in [0.717, 1.165) is 44.2 Å². The number of nitrogens with one attached hydrogen (secondary N) is 2. The van der Waals surface area contributed by atoms with Crippen LogP contribution in [0.3, 0.4) is 0 Å². The van der Waals surface area contributed by atoms with E-state index >= 15 is 0 Å². The first kappa shape index (κ1) is 10.2. The fourth-order valence-corrected chi connectivity index (χ4v) is 1.80. The number of anilines is 2. The van der Waals surface area contributed by atoms with E-state index in [1.54, 1.807) is 0 Å². The predicted molar refractivity (Wildman–Crippen MR) is 63.5 cm³/mol. The van der Waals surface area contributed by atoms with Crippen LogP contribution in [0.25, 0.3) is 0 Å². The summed E-state index contributed by atoms with van der Waals surface area (Å²) >= 11 is 0. The van der Waals surface area contributed by atoms with Crippen molar-refractivity contribution in [2.45, 2.75) is 6.92 Å². The SMILES string of the molecule is CCNc1ccnc(N2CCNCC2)c1. The Balaban J connectivity index is 2.09. The fraction of sp³-hybridized carbons (Fsp3) is 0.545. The molecule has 2 N–H and O–H groups in total. The van der Waals surface area contributed by atoms with Gasteiger partial charge >= 0.3 is 0 Å². The highest BCUT2D eigenvalue weighted by Crippen LogP contribution is 2.16. The lowest BCUT2D eigenvalue weighted by atomic mass is 10.3. The monoisotopic (exact) mass is 206 g/mol. The summed E-state index contributed by atoms with van der Waals surface area (Å²) in [6.45, 7) is 7.24. The zero-order valence-electron chi connectivity index (χ0n) is 9.16. The number of pyridine rings is 1. The molecule has 2 rings (SSSR count). The molecule has 0 aliphatic carbocycles. The quantitative estimate of drug-likeness (QED) is 0.771. The summed E-state index contributed by atoms with van der Waals surface area (Å²) in [4.78, 5) is 6.72. The first-order chi connectivity index (χ1) is 7.40. The Hall–Kier alpha value is -1.29. The standard InChI is InChI=1S/C11H18N4/c1-2-13-10-3-4-14-11(9-10)15-7-5-12-6-8-15/h3-4,9,12H,2,5-8H2,1H3,(H,13,14). The summed E-state index contributed by atoms with van der Waals surface area (Å²) in [5.41, 5.74) is 1.15. The van der Waals surface area contributed by atoms with Crippen molar-refractivity contribution in [3.63, 3.8) is 0 Å². The van der Waals surface area contributed by atoms with Gasteiger partial charge in [0.25, 0.3) is 0 Å². The van der Waals surface area contributed by atoms with Crippen LogP contribution in [0.15, 0.2) is 18.3 Å². The predicted octanol–water partition coefficient (Wildman–Crippen LogP) is 0.923. The van der Waals surface area contributed by atoms with Gasteiger partial charge in [0.05, 0.1) is 0 Å². The van der Waals surface area contributed by atoms with Gasteiger partial charge in [-0.15, -0.1) is 0 Å². The molecule has 0 aromatic carbocycles. The van der Waals surface area contributed by atoms with Crippen molar-refractivity contribution in [1.29, 1.82) is 0 Å². The van der Waals surface area contributed by atoms with Crippen molar-refractivity contribution < 1.29 is 0 Å². The van der Waals surface area contributed by atoms with E-state index in [-0.39, 0.29) is 0 Å². The lowest BCUT2D eigenvalue weighted by molar-refractivity contribution is 0.585. The fourth-order valence-electron chi connectivity index (χ4n) is 1.80. The van der Waals surface area contributed by atoms with Crippen LogP contribution in [0.2, 0.25) is 0 Å². The maximum Gasteiger partial charge on any atom is 0.130 e. The van der Waals surface area contributed by atoms with Crippen molar-refractivity contribution in [3.05, 3.63) is 18.3 Å². The maximum absolute atomic E-state index is 4.40. The summed E-state index contributed by atoms with van der Waals surface area (Å²) in [5.74, 6) is 1.08. The van der Waals surface area contributed by atoms with Crippen LogP contribution in [0, 0.1) is 0 Å². The molecule has 0 saturated carbocycles. The molecule has 1 saturated heterocycles. The highest BCUT2D eigenvalue weighted by atomic mass is 15.2. The molecule has 0 spiro atoms. The average molecular weight is 206 g/mol. The van der Waals surface area contributed by atoms with Gasteiger partial charge in [-0.3, -0.25) is 0 Å². The van der Waals surface area contributed by atoms with Gasteiger partial charge in [-0.1, -0.05) is 0 Å². The average Bonchev–Trinajstić information content (AvgIpc) is 2.31. The Labute approximate surface area is 90.7 Å². The highest BCUT2D eigenvalue weighted by molar-refractivity contribution is 5.53. The molecule has 1 aromatic heterocycles. The Morgan fingerprint density at radius 2 is 2.27 bits per heavy atom. The minimum atomic E-state index is 0.949. The summed E-state index contributed by atoms with van der Waals surface area (Å²) in [5, 5.41) is 6.64. The van der Waals surface area contributed by atoms with Gasteiger partial charge in [-0.25, -0.2) is 4.98 Å². The van der Waals surface area contributed by atoms with Crippen LogP contribution < -0.4 is 15.5 Å². The second-order valence-corrected chi connectivity index (χ2v) is 3.67. The molecule has 1 fully saturated rings. The van der Waals surface area contributed by atoms with Gasteiger partial charge in [-0.2, -0.15) is 0 Å². The molecule has 1 aliphatic rings. The topological polar surface area (TPSA) is 40.2 Å². The van der Waals surface area contributed by atoms with Gasteiger partial charge < -0.3 is 15.5 Å². The molecule has 0 amide bonds. The largest absolute Gasteiger partial charge is 0.385 e. The summed E-state index contributed by atoms with van der Waals surface area (Å²) < 4.78 is 0. The van der Waals surface area contributed by atoms with Crippen LogP contribution in [0.1, 0.15) is 6.92 Å². The van der Waals surface area contributed by atoms with Crippen molar-refractivity contribution in [2.75, 3.05) is 42.9 Å². The normalized spacial score (nSPS) is 16.5. The summed E-state index contributed by atoms with van der Waals surface area (Å²) in [7, 11) is 0. The smallest absolute Gasteiger partial charge is 0.130 e. The van der Waals surface area contributed by atoms with Gasteiger partial charge in [0.1, 0.15) is 5.82 Å². The number of hydrogen-bond donors (Lipinski definition) is 2. The van der Waals surface area contributed by atoms with Crippen LogP contribution in [0.4, 0.5) is 11.5 Å². The number of rotatable bonds is 3. The van der Waals surface area contributed by atoms with Crippen LogP contribution in [0.5, 0.6) is 0 Å². The number of piperazine rings is 1. The Kier molecular flexibility index (Phi) is 3.40. The molecule has 0 unspecified atom stereocenters. The highest BCUT2D eigenvalue weighted by Gasteiger charge is 2.11. The Morgan fingerprint density at radius 3 is 3.00 bits per heavy atom. The third kappa shape index (κ3) is 2.59. The summed E-state index contributed by atoms with van der Waals surface area (Å²) in [6, 6.07) is 4.13. The van der Waals surface area contributed by atoms with E-state index < -0.39 is 0 Å². The third-order valence-corrected chi connectivity index (χ3v) is 2.57. The van der Waals surface area contributed by atoms with E-state index in [9.17, 15) is 0 Å². The molecule has 1 aromatic rings. The van der Waals surface area contributed by atoms with Crippen molar-refractivity contribution in [1.82, 2.24) is 10.3 Å². The van der Waals surface area contributed by atoms with Crippen LogP contribution >= 0.6 is 0 Å². The second kappa shape index (κ2) is 4.98. The second-order valence-electron chi connectivity index (χ2n) is 3.67. The van der Waals surface area contributed by atoms with E-state index in [4.69, 9.17) is 0 Å². The van der Waals surface area contributed by atoms with Crippen molar-refractivity contribution in [2.24, 2.45) is 0 Å². The van der Waals surface area contributed by atoms with Gasteiger partial charge in [0.2, 0.25) is 0 Å². The number of hydrogen-bond acceptors (Lipinski definition) is 4. The first-order valence-corrected chi connectivity index (χ1v) is 5.55. The third-order valence-electron chi connectivity index (χ3n) is 2.57. The lowest BCUT2D eigenvalue weighted by Gasteiger charge is -2.28. The van der Waals surface area contributed by atoms with Gasteiger partial charge in [-0.05, 0) is 13.0 Å². The molecule has 15 heavy (non-hydrogen) atoms. The molecule has 2 heterocycles. The van der Waals surface area contributed by atoms with Crippen LogP contribution in [-0.2, 0) is 0 Å². The Bertz CT molecular complexity index is 307. The van der Waals surface area contributed by atoms with Crippen molar-refractivity contribution in [3.8, 4) is 0 Å². The number of aromatic nitrogens is 1. The van der Waals surface area contributed by atoms with E-state index in [2.05, 4.69) is 33.5 Å². The molecule has 82 valence electrons. The maximum atomic E-state index is 4.40. The van der Waals surface area contributed by atoms with Crippen molar-refractivity contribution >= 4 is 11.5 Å². The molecule has 0 bridgehead atoms. The molecule has 1 aliphatic heterocycles. The van der Waals surface area contributed by atoms with Crippen LogP contribution in [-0.4, -0.2) is 37.7 Å². The number of nitrogens with zero attached hydrogens (tertiary/aromatic N) is 2. The Morgan fingerprint density at radius 1 is 1.47 bits per heavy atom. The summed E-state index contributed by atoms with van der Waals surface area (Å²) in [6.07, 6.45) is 1.87. The lowest BCUT2D eigenvalue weighted by Crippen LogP contribution is -2.43. The van der Waals surface area contributed by atoms with Gasteiger partial charge in [0, 0.05) is 50.7 Å². The molecule has 4 heteroatoms. The molecule has 0 atom stereocenters. The minimum absolute atomic E-state index is 0.949. The molecular formula is C11H18N4. The van der Waals surface area contributed by atoms with Gasteiger partial charge in [0.15, 0.2) is 0 Å². The zero-order chi connectivity index (χ0) is 10.5. The van der Waals surface area contributed by atoms with E-state index in [0.29, 0.717) is 0 Å². The zero-order valence-corrected chi connectivity index (χ0v) is 9.16. The first-order valence-electron chi connectivity index (χ1n) is 5.55. The molecule has 4 nitrogen and oxygen atoms in total. The van der Waals surface area contributed by atoms with E-state index in [1.807, 2.05) is 12.3 Å².